The summed E-state index contributed by atoms with van der Waals surface area (Å²) in [7, 11) is 1.58. The second-order valence-corrected chi connectivity index (χ2v) is 6.51. The van der Waals surface area contributed by atoms with Gasteiger partial charge in [0.25, 0.3) is 0 Å². The Hall–Kier alpha value is -3.94. The maximum Gasteiger partial charge on any atom is 0.231 e. The minimum absolute atomic E-state index is 0.114. The highest BCUT2D eigenvalue weighted by Crippen LogP contribution is 2.47. The molecule has 3 aromatic heterocycles. The van der Waals surface area contributed by atoms with Crippen LogP contribution >= 0.6 is 0 Å². The van der Waals surface area contributed by atoms with Crippen LogP contribution in [0.15, 0.2) is 45.7 Å². The van der Waals surface area contributed by atoms with E-state index in [2.05, 4.69) is 15.2 Å². The van der Waals surface area contributed by atoms with Gasteiger partial charge in [0.1, 0.15) is 11.1 Å². The highest BCUT2D eigenvalue weighted by atomic mass is 16.7. The van der Waals surface area contributed by atoms with Gasteiger partial charge in [-0.3, -0.25) is 9.89 Å². The Morgan fingerprint density at radius 1 is 1.14 bits per heavy atom. The van der Waals surface area contributed by atoms with Crippen LogP contribution in [0.25, 0.3) is 44.2 Å². The molecule has 1 aliphatic heterocycles. The summed E-state index contributed by atoms with van der Waals surface area (Å²) >= 11 is 0. The van der Waals surface area contributed by atoms with Crippen LogP contribution in [0.4, 0.5) is 0 Å². The molecule has 8 heteroatoms. The van der Waals surface area contributed by atoms with Gasteiger partial charge in [-0.2, -0.15) is 0 Å². The number of nitrogens with zero attached hydrogens (tertiary/aromatic N) is 1. The number of ether oxygens (including phenoxy) is 3. The van der Waals surface area contributed by atoms with Gasteiger partial charge in [0.05, 0.1) is 7.11 Å². The molecule has 0 atom stereocenters. The number of hydrogen-bond acceptors (Lipinski definition) is 6. The van der Waals surface area contributed by atoms with Gasteiger partial charge in [-0.1, -0.05) is 0 Å². The molecule has 0 fully saturated rings. The molecule has 0 saturated carbocycles. The first-order valence-electron chi connectivity index (χ1n) is 8.63. The molecule has 0 amide bonds. The van der Waals surface area contributed by atoms with Crippen LogP contribution in [-0.2, 0) is 0 Å². The summed E-state index contributed by atoms with van der Waals surface area (Å²) in [5.74, 6) is 1.75. The SMILES string of the molecule is COc1cc(-c2c3c[nH][nH]c3nc3c2oc2cc(=O)ccc23)cc2c1OCO2. The van der Waals surface area contributed by atoms with Crippen molar-refractivity contribution in [2.45, 2.75) is 0 Å². The molecule has 8 nitrogen and oxygen atoms in total. The lowest BCUT2D eigenvalue weighted by Crippen LogP contribution is -1.93. The highest BCUT2D eigenvalue weighted by molar-refractivity contribution is 6.14. The molecule has 4 heterocycles. The number of nitrogens with one attached hydrogen (secondary N) is 2. The van der Waals surface area contributed by atoms with Crippen LogP contribution in [0, 0.1) is 0 Å². The van der Waals surface area contributed by atoms with Crippen LogP contribution in [0.3, 0.4) is 0 Å². The fraction of sp³-hybridized carbons (Fsp3) is 0.100. The standard InChI is InChI=1S/C20H13N3O5/c1-25-14-4-9(5-15-18(14)27-8-26-15)16-12-7-21-23-20(12)22-17-11-3-2-10(24)6-13(11)28-19(16)17/h2-7H,8H2,1H3,(H2,21,22,23). The minimum Gasteiger partial charge on any atom is -0.493 e. The summed E-state index contributed by atoms with van der Waals surface area (Å²) in [6.07, 6.45) is 1.82. The van der Waals surface area contributed by atoms with Crippen molar-refractivity contribution in [1.82, 2.24) is 15.2 Å². The van der Waals surface area contributed by atoms with Gasteiger partial charge < -0.3 is 23.7 Å². The molecule has 138 valence electrons. The predicted molar refractivity (Wildman–Crippen MR) is 102 cm³/mol. The molecule has 0 aliphatic carbocycles. The van der Waals surface area contributed by atoms with E-state index in [9.17, 15) is 4.79 Å². The van der Waals surface area contributed by atoms with E-state index < -0.39 is 0 Å². The maximum atomic E-state index is 11.8. The Morgan fingerprint density at radius 3 is 2.96 bits per heavy atom. The molecule has 0 spiro atoms. The number of furan rings is 1. The van der Waals surface area contributed by atoms with Crippen LogP contribution in [-0.4, -0.2) is 29.1 Å². The normalized spacial score (nSPS) is 13.0. The Labute approximate surface area is 156 Å². The number of aromatic nitrogens is 3. The van der Waals surface area contributed by atoms with E-state index in [0.29, 0.717) is 39.6 Å². The lowest BCUT2D eigenvalue weighted by molar-refractivity contribution is 0.171. The van der Waals surface area contributed by atoms with Gasteiger partial charge in [-0.25, -0.2) is 4.98 Å². The summed E-state index contributed by atoms with van der Waals surface area (Å²) in [4.78, 5) is 16.5. The first-order valence-corrected chi connectivity index (χ1v) is 8.63. The Morgan fingerprint density at radius 2 is 2.07 bits per heavy atom. The summed E-state index contributed by atoms with van der Waals surface area (Å²) in [5.41, 5.74) is 3.96. The fourth-order valence-electron chi connectivity index (χ4n) is 3.73. The molecule has 28 heavy (non-hydrogen) atoms. The van der Waals surface area contributed by atoms with Crippen molar-refractivity contribution in [2.75, 3.05) is 13.9 Å². The van der Waals surface area contributed by atoms with Crippen molar-refractivity contribution in [3.8, 4) is 28.4 Å². The minimum atomic E-state index is -0.114. The second-order valence-electron chi connectivity index (χ2n) is 6.51. The molecule has 6 rings (SSSR count). The zero-order chi connectivity index (χ0) is 18.8. The predicted octanol–water partition coefficient (Wildman–Crippen LogP) is 3.55. The topological polar surface area (TPSA) is 102 Å². The van der Waals surface area contributed by atoms with Crippen molar-refractivity contribution in [1.29, 1.82) is 0 Å². The zero-order valence-corrected chi connectivity index (χ0v) is 14.7. The van der Waals surface area contributed by atoms with Gasteiger partial charge in [-0.05, 0) is 29.8 Å². The average molecular weight is 375 g/mol. The monoisotopic (exact) mass is 375 g/mol. The maximum absolute atomic E-state index is 11.8. The Balaban J connectivity index is 1.77. The molecule has 2 aromatic carbocycles. The van der Waals surface area contributed by atoms with E-state index in [1.165, 1.54) is 12.1 Å². The summed E-state index contributed by atoms with van der Waals surface area (Å²) in [6, 6.07) is 8.48. The van der Waals surface area contributed by atoms with E-state index in [1.807, 2.05) is 18.3 Å². The van der Waals surface area contributed by atoms with Crippen LogP contribution < -0.4 is 19.6 Å². The Bertz CT molecular complexity index is 1460. The first kappa shape index (κ1) is 15.2. The summed E-state index contributed by atoms with van der Waals surface area (Å²) in [5, 5.41) is 7.65. The molecule has 2 N–H and O–H groups in total. The highest BCUT2D eigenvalue weighted by Gasteiger charge is 2.24. The first-order chi connectivity index (χ1) is 13.7. The van der Waals surface area contributed by atoms with Gasteiger partial charge in [-0.15, -0.1) is 0 Å². The number of methoxy groups -OCH3 is 1. The van der Waals surface area contributed by atoms with Gasteiger partial charge >= 0.3 is 0 Å². The van der Waals surface area contributed by atoms with Crippen molar-refractivity contribution in [3.63, 3.8) is 0 Å². The molecule has 0 radical (unpaired) electrons. The van der Waals surface area contributed by atoms with Gasteiger partial charge in [0.2, 0.25) is 12.5 Å². The van der Waals surface area contributed by atoms with Crippen molar-refractivity contribution in [3.05, 3.63) is 46.8 Å². The third kappa shape index (κ3) is 1.94. The third-order valence-corrected chi connectivity index (χ3v) is 4.96. The molecule has 1 aliphatic rings. The lowest BCUT2D eigenvalue weighted by Gasteiger charge is -2.09. The Kier molecular flexibility index (Phi) is 2.86. The van der Waals surface area contributed by atoms with Crippen LogP contribution in [0.2, 0.25) is 0 Å². The number of benzene rings is 2. The number of hydrogen-bond donors (Lipinski definition) is 2. The van der Waals surface area contributed by atoms with Gasteiger partial charge in [0, 0.05) is 28.6 Å². The molecule has 5 aromatic rings. The smallest absolute Gasteiger partial charge is 0.231 e. The van der Waals surface area contributed by atoms with E-state index >= 15 is 0 Å². The second kappa shape index (κ2) is 5.29. The van der Waals surface area contributed by atoms with E-state index in [-0.39, 0.29) is 12.2 Å². The van der Waals surface area contributed by atoms with Crippen LogP contribution in [0.5, 0.6) is 17.2 Å². The summed E-state index contributed by atoms with van der Waals surface area (Å²) in [6.45, 7) is 0.144. The number of aromatic amines is 2. The van der Waals surface area contributed by atoms with Crippen molar-refractivity contribution >= 4 is 33.1 Å². The lowest BCUT2D eigenvalue weighted by atomic mass is 10.0. The molecule has 0 saturated heterocycles. The number of fused-ring (bicyclic) bond motifs is 5. The van der Waals surface area contributed by atoms with Crippen LogP contribution in [0.1, 0.15) is 0 Å². The molecule has 0 unspecified atom stereocenters. The molecular weight excluding hydrogens is 362 g/mol. The average Bonchev–Trinajstić information content (AvgIpc) is 3.42. The fourth-order valence-corrected chi connectivity index (χ4v) is 3.73. The molecular formula is C20H13N3O5. The zero-order valence-electron chi connectivity index (χ0n) is 14.7. The number of pyridine rings is 1. The van der Waals surface area contributed by atoms with E-state index in [0.717, 1.165) is 21.9 Å². The van der Waals surface area contributed by atoms with Crippen molar-refractivity contribution < 1.29 is 18.6 Å². The summed E-state index contributed by atoms with van der Waals surface area (Å²) < 4.78 is 22.7. The van der Waals surface area contributed by atoms with Gasteiger partial charge in [0.15, 0.2) is 28.2 Å². The number of rotatable bonds is 2. The largest absolute Gasteiger partial charge is 0.493 e. The van der Waals surface area contributed by atoms with E-state index in [4.69, 9.17) is 18.6 Å². The number of H-pyrrole nitrogens is 2. The quantitative estimate of drug-likeness (QED) is 0.489. The van der Waals surface area contributed by atoms with E-state index in [1.54, 1.807) is 13.2 Å². The third-order valence-electron chi connectivity index (χ3n) is 4.96. The molecule has 0 bridgehead atoms. The van der Waals surface area contributed by atoms with Crippen molar-refractivity contribution in [2.24, 2.45) is 0 Å².